The molecule has 0 spiro atoms. The maximum Gasteiger partial charge on any atom is 0.308 e. The van der Waals surface area contributed by atoms with Crippen LogP contribution in [0.1, 0.15) is 125 Å². The average molecular weight is 1090 g/mol. The molecule has 3 rings (SSSR count). The van der Waals surface area contributed by atoms with Gasteiger partial charge in [0.2, 0.25) is 5.91 Å². The minimum absolute atomic E-state index is 0.109. The summed E-state index contributed by atoms with van der Waals surface area (Å²) in [7, 11) is 3.81. The van der Waals surface area contributed by atoms with E-state index in [0.717, 1.165) is 25.7 Å². The Labute approximate surface area is 458 Å². The fraction of sp³-hybridized carbons (Fsp3) is 0.759. The van der Waals surface area contributed by atoms with Crippen LogP contribution < -0.4 is 5.32 Å². The summed E-state index contributed by atoms with van der Waals surface area (Å²) in [5.41, 5.74) is 0. The van der Waals surface area contributed by atoms with E-state index in [9.17, 15) is 60.7 Å². The number of carbonyl (C=O) groups excluding carboxylic acids is 2. The molecule has 0 aromatic heterocycles. The monoisotopic (exact) mass is 1090 g/mol. The van der Waals surface area contributed by atoms with Crippen LogP contribution in [0.15, 0.2) is 72.9 Å². The number of esters is 1. The largest absolute Gasteiger partial charge is 0.462 e. The van der Waals surface area contributed by atoms with Gasteiger partial charge in [0.1, 0.15) is 12.2 Å². The van der Waals surface area contributed by atoms with Crippen molar-refractivity contribution in [3.05, 3.63) is 72.9 Å². The fourth-order valence-corrected chi connectivity index (χ4v) is 10.2. The summed E-state index contributed by atoms with van der Waals surface area (Å²) in [6.45, 7) is 13.2. The number of amides is 1. The predicted molar refractivity (Wildman–Crippen MR) is 294 cm³/mol. The molecule has 2 bridgehead atoms. The van der Waals surface area contributed by atoms with E-state index >= 15 is 0 Å². The molecular formula is C58H99N3O16. The molecule has 2 fully saturated rings. The molecule has 11 N–H and O–H groups in total. The zero-order valence-electron chi connectivity index (χ0n) is 47.2. The Morgan fingerprint density at radius 2 is 1.30 bits per heavy atom. The topological polar surface area (TPSA) is 292 Å². The number of carbonyl (C=O) groups is 2. The Hall–Kier alpha value is -3.22. The number of nitrogens with zero attached hydrogens (tertiary/aromatic N) is 2. The number of cyclic esters (lactones) is 1. The standard InChI is InChI=1S/C58H99N3O16/c1-9-29-61(30-10-2)52-54(70)41(6)75-57(55(52)71)76-45-25-22-20-18-16-14-12-11-13-15-17-19-21-24-38(3)53(69)39(4)40(5)74-50(68)34-44(64)33-43(63)32-42(62)26-27-46(65)47(66)36-58(73)37-48(67)51(49(35-45)77-58)56(72)59-28-23-31-60(7)8/h11-12,14,16-22,24-25,38-49,51-55,57,62-67,69-71,73H,9-10,13,15,23,26-37H2,1-8H3,(H,59,72)/b12-11+,16-14+,19-17+,20-18+,24-21+,25-22+/t38-,39-,40-,41+,42+,43+,44+,45-,46+,47+,48-,49-,51+,52-,53+,54+,55-,57-,58+/m0/s1. The van der Waals surface area contributed by atoms with Crippen molar-refractivity contribution in [2.75, 3.05) is 40.3 Å². The lowest BCUT2D eigenvalue weighted by atomic mass is 9.82. The number of rotatable bonds is 12. The number of aliphatic hydroxyl groups excluding tert-OH is 9. The lowest BCUT2D eigenvalue weighted by Crippen LogP contribution is -2.64. The van der Waals surface area contributed by atoms with Crippen LogP contribution in [0.2, 0.25) is 0 Å². The molecule has 0 unspecified atom stereocenters. The third-order valence-electron chi connectivity index (χ3n) is 14.7. The number of nitrogens with one attached hydrogen (secondary N) is 1. The zero-order valence-corrected chi connectivity index (χ0v) is 47.2. The Morgan fingerprint density at radius 1 is 0.701 bits per heavy atom. The molecule has 2 saturated heterocycles. The van der Waals surface area contributed by atoms with Crippen molar-refractivity contribution >= 4 is 11.9 Å². The summed E-state index contributed by atoms with van der Waals surface area (Å²) in [4.78, 5) is 30.8. The lowest BCUT2D eigenvalue weighted by molar-refractivity contribution is -0.312. The maximum absolute atomic E-state index is 14.0. The highest BCUT2D eigenvalue weighted by Crippen LogP contribution is 2.38. The molecule has 3 aliphatic rings. The van der Waals surface area contributed by atoms with Crippen molar-refractivity contribution in [1.29, 1.82) is 0 Å². The fourth-order valence-electron chi connectivity index (χ4n) is 10.2. The molecule has 3 aliphatic heterocycles. The Kier molecular flexibility index (Phi) is 31.4. The van der Waals surface area contributed by atoms with Crippen LogP contribution >= 0.6 is 0 Å². The van der Waals surface area contributed by atoms with E-state index < -0.39 is 140 Å². The van der Waals surface area contributed by atoms with Crippen LogP contribution in [0.25, 0.3) is 0 Å². The first kappa shape index (κ1) is 68.1. The number of hydrogen-bond donors (Lipinski definition) is 11. The van der Waals surface area contributed by atoms with Crippen molar-refractivity contribution in [3.8, 4) is 0 Å². The van der Waals surface area contributed by atoms with Crippen LogP contribution in [0.4, 0.5) is 0 Å². The molecule has 19 nitrogen and oxygen atoms in total. The number of hydrogen-bond acceptors (Lipinski definition) is 18. The molecule has 1 amide bonds. The lowest BCUT2D eigenvalue weighted by Gasteiger charge is -2.48. The van der Waals surface area contributed by atoms with Gasteiger partial charge in [-0.3, -0.25) is 14.5 Å². The summed E-state index contributed by atoms with van der Waals surface area (Å²) in [5, 5.41) is 116. The first-order valence-corrected chi connectivity index (χ1v) is 28.2. The van der Waals surface area contributed by atoms with Crippen LogP contribution in [0.3, 0.4) is 0 Å². The normalized spacial score (nSPS) is 40.2. The highest BCUT2D eigenvalue weighted by Gasteiger charge is 2.51. The molecule has 19 atom stereocenters. The van der Waals surface area contributed by atoms with Gasteiger partial charge in [-0.1, -0.05) is 101 Å². The van der Waals surface area contributed by atoms with Gasteiger partial charge in [0.15, 0.2) is 12.1 Å². The van der Waals surface area contributed by atoms with Crippen molar-refractivity contribution in [2.45, 2.75) is 222 Å². The number of allylic oxidation sites excluding steroid dienone is 10. The van der Waals surface area contributed by atoms with E-state index in [-0.39, 0.29) is 44.6 Å². The third-order valence-corrected chi connectivity index (χ3v) is 14.7. The summed E-state index contributed by atoms with van der Waals surface area (Å²) in [6.07, 6.45) is 6.86. The van der Waals surface area contributed by atoms with Gasteiger partial charge in [-0.2, -0.15) is 0 Å². The molecule has 0 aromatic carbocycles. The summed E-state index contributed by atoms with van der Waals surface area (Å²) in [5.74, 6) is -5.48. The molecule has 0 aliphatic carbocycles. The van der Waals surface area contributed by atoms with Gasteiger partial charge in [-0.15, -0.1) is 0 Å². The predicted octanol–water partition coefficient (Wildman–Crippen LogP) is 3.08. The summed E-state index contributed by atoms with van der Waals surface area (Å²) in [6, 6.07) is -0.734. The smallest absolute Gasteiger partial charge is 0.308 e. The van der Waals surface area contributed by atoms with Crippen LogP contribution in [-0.4, -0.2) is 210 Å². The van der Waals surface area contributed by atoms with Gasteiger partial charge in [0.05, 0.1) is 85.5 Å². The average Bonchev–Trinajstić information content (AvgIpc) is 3.34. The quantitative estimate of drug-likeness (QED) is 0.0989. The number of fused-ring (bicyclic) bond motifs is 2. The van der Waals surface area contributed by atoms with Crippen molar-refractivity contribution < 1.29 is 79.6 Å². The number of ether oxygens (including phenoxy) is 4. The first-order chi connectivity index (χ1) is 36.5. The molecule has 19 heteroatoms. The van der Waals surface area contributed by atoms with Crippen molar-refractivity contribution in [3.63, 3.8) is 0 Å². The van der Waals surface area contributed by atoms with Gasteiger partial charge in [-0.05, 0) is 105 Å². The Morgan fingerprint density at radius 3 is 1.95 bits per heavy atom. The van der Waals surface area contributed by atoms with E-state index in [4.69, 9.17) is 18.9 Å². The first-order valence-electron chi connectivity index (χ1n) is 28.2. The van der Waals surface area contributed by atoms with Crippen molar-refractivity contribution in [2.24, 2.45) is 17.8 Å². The Bertz CT molecular complexity index is 1860. The molecule has 442 valence electrons. The summed E-state index contributed by atoms with van der Waals surface area (Å²) >= 11 is 0. The third kappa shape index (κ3) is 24.2. The van der Waals surface area contributed by atoms with E-state index in [1.165, 1.54) is 0 Å². The Balaban J connectivity index is 1.99. The van der Waals surface area contributed by atoms with Gasteiger partial charge in [-0.25, -0.2) is 0 Å². The molecule has 77 heavy (non-hydrogen) atoms. The van der Waals surface area contributed by atoms with E-state index in [0.29, 0.717) is 26.1 Å². The SMILES string of the molecule is CCCN(CCC)[C@@H]1[C@H](O)[C@H](O[C@H]2/C=C/C=C/C=C/C=C/CC/C=C/C=C/[C@H](C)[C@@H](O)[C@@H](C)[C@H](C)OC(=O)C[C@H](O)C[C@H](O)C[C@H](O)CC[C@@H](O)[C@H](O)C[C@]3(O)C[C@H](O)[C@@H](C(=O)NCCCN(C)C)[C@H](C2)O3)O[C@H](C)[C@H]1O. The van der Waals surface area contributed by atoms with Crippen molar-refractivity contribution in [1.82, 2.24) is 15.1 Å². The van der Waals surface area contributed by atoms with Crippen LogP contribution in [0.5, 0.6) is 0 Å². The highest BCUT2D eigenvalue weighted by molar-refractivity contribution is 5.80. The minimum Gasteiger partial charge on any atom is -0.462 e. The van der Waals surface area contributed by atoms with Gasteiger partial charge < -0.3 is 80.2 Å². The zero-order chi connectivity index (χ0) is 57.2. The summed E-state index contributed by atoms with van der Waals surface area (Å²) < 4.78 is 24.6. The molecular weight excluding hydrogens is 995 g/mol. The van der Waals surface area contributed by atoms with E-state index in [2.05, 4.69) is 5.32 Å². The maximum atomic E-state index is 14.0. The second-order valence-electron chi connectivity index (χ2n) is 21.9. The van der Waals surface area contributed by atoms with Gasteiger partial charge in [0, 0.05) is 37.6 Å². The van der Waals surface area contributed by atoms with E-state index in [1.54, 1.807) is 45.1 Å². The molecule has 0 radical (unpaired) electrons. The molecule has 3 heterocycles. The molecule has 0 saturated carbocycles. The van der Waals surface area contributed by atoms with Crippen LogP contribution in [0, 0.1) is 17.8 Å². The van der Waals surface area contributed by atoms with Crippen LogP contribution in [-0.2, 0) is 28.5 Å². The van der Waals surface area contributed by atoms with Gasteiger partial charge >= 0.3 is 5.97 Å². The highest BCUT2D eigenvalue weighted by atomic mass is 16.7. The second kappa shape index (κ2) is 35.5. The molecule has 0 aromatic rings. The second-order valence-corrected chi connectivity index (χ2v) is 21.9. The number of aliphatic hydroxyl groups is 10. The van der Waals surface area contributed by atoms with Gasteiger partial charge in [0.25, 0.3) is 0 Å². The van der Waals surface area contributed by atoms with E-state index in [1.807, 2.05) is 93.3 Å². The minimum atomic E-state index is -2.28.